The van der Waals surface area contributed by atoms with Crippen molar-refractivity contribution in [3.05, 3.63) is 24.6 Å². The summed E-state index contributed by atoms with van der Waals surface area (Å²) >= 11 is 13.1. The molecule has 0 radical (unpaired) electrons. The molecular formula is C13H20N2O2S4. The van der Waals surface area contributed by atoms with Gasteiger partial charge in [0.15, 0.2) is 0 Å². The highest BCUT2D eigenvalue weighted by molar-refractivity contribution is 8.23. The summed E-state index contributed by atoms with van der Waals surface area (Å²) in [6.07, 6.45) is 10.7. The second-order valence-corrected chi connectivity index (χ2v) is 6.85. The molecule has 0 saturated heterocycles. The first kappa shape index (κ1) is 20.4. The summed E-state index contributed by atoms with van der Waals surface area (Å²) in [5.41, 5.74) is 0. The zero-order valence-electron chi connectivity index (χ0n) is 12.3. The molecule has 0 unspecified atom stereocenters. The van der Waals surface area contributed by atoms with Crippen LogP contribution in [0.5, 0.6) is 0 Å². The summed E-state index contributed by atoms with van der Waals surface area (Å²) < 4.78 is 6.79. The first-order valence-corrected chi connectivity index (χ1v) is 9.39. The highest BCUT2D eigenvalue weighted by atomic mass is 32.2. The molecule has 4 nitrogen and oxygen atoms in total. The Morgan fingerprint density at radius 2 is 1.52 bits per heavy atom. The summed E-state index contributed by atoms with van der Waals surface area (Å²) in [7, 11) is 0. The van der Waals surface area contributed by atoms with Crippen molar-refractivity contribution in [1.82, 2.24) is 10.6 Å². The van der Waals surface area contributed by atoms with E-state index in [1.807, 2.05) is 12.5 Å². The molecule has 0 amide bonds. The Morgan fingerprint density at radius 1 is 1.10 bits per heavy atom. The maximum absolute atomic E-state index is 11.1. The lowest BCUT2D eigenvalue weighted by molar-refractivity contribution is -0.145. The van der Waals surface area contributed by atoms with Crippen molar-refractivity contribution in [2.24, 2.45) is 0 Å². The summed E-state index contributed by atoms with van der Waals surface area (Å²) in [4.78, 5) is 11.1. The number of thioether (sulfide) groups is 2. The molecule has 0 aromatic rings. The van der Waals surface area contributed by atoms with Gasteiger partial charge < -0.3 is 15.4 Å². The Bertz CT molecular complexity index is 381. The number of hydrogen-bond donors (Lipinski definition) is 2. The normalized spacial score (nSPS) is 11.0. The topological polar surface area (TPSA) is 50.4 Å². The van der Waals surface area contributed by atoms with E-state index in [1.165, 1.54) is 30.4 Å². The number of carbonyl (C=O) groups is 1. The first-order valence-electron chi connectivity index (χ1n) is 6.12. The van der Waals surface area contributed by atoms with E-state index in [2.05, 4.69) is 10.6 Å². The largest absolute Gasteiger partial charge is 0.459 e. The highest BCUT2D eigenvalue weighted by Crippen LogP contribution is 1.99. The number of esters is 1. The molecule has 0 spiro atoms. The van der Waals surface area contributed by atoms with E-state index < -0.39 is 0 Å². The van der Waals surface area contributed by atoms with Gasteiger partial charge in [-0.3, -0.25) is 4.79 Å². The van der Waals surface area contributed by atoms with Crippen LogP contribution >= 0.6 is 48.0 Å². The van der Waals surface area contributed by atoms with Crippen LogP contribution in [0, 0.1) is 0 Å². The smallest absolute Gasteiger partial charge is 0.303 e. The molecule has 21 heavy (non-hydrogen) atoms. The van der Waals surface area contributed by atoms with Crippen LogP contribution in [0.3, 0.4) is 0 Å². The van der Waals surface area contributed by atoms with E-state index in [-0.39, 0.29) is 12.1 Å². The molecule has 0 aliphatic rings. The van der Waals surface area contributed by atoms with E-state index in [0.717, 1.165) is 8.39 Å². The third-order valence-corrected chi connectivity index (χ3v) is 4.45. The molecule has 0 rings (SSSR count). The molecule has 0 aromatic heterocycles. The monoisotopic (exact) mass is 364 g/mol. The number of thiocarbonyl (C=S) groups is 2. The van der Waals surface area contributed by atoms with Gasteiger partial charge in [-0.05, 0) is 37.1 Å². The highest BCUT2D eigenvalue weighted by Gasteiger charge is 2.09. The van der Waals surface area contributed by atoms with Gasteiger partial charge in [-0.25, -0.2) is 0 Å². The quantitative estimate of drug-likeness (QED) is 0.368. The Hall–Kier alpha value is -0.570. The van der Waals surface area contributed by atoms with Gasteiger partial charge in [0.1, 0.15) is 6.10 Å². The lowest BCUT2D eigenvalue weighted by Gasteiger charge is -2.17. The minimum Gasteiger partial charge on any atom is -0.459 e. The van der Waals surface area contributed by atoms with Gasteiger partial charge in [-0.1, -0.05) is 24.4 Å². The molecular weight excluding hydrogens is 344 g/mol. The van der Waals surface area contributed by atoms with Gasteiger partial charge in [0, 0.05) is 6.92 Å². The van der Waals surface area contributed by atoms with Crippen molar-refractivity contribution in [2.75, 3.05) is 25.6 Å². The van der Waals surface area contributed by atoms with Gasteiger partial charge in [0.05, 0.1) is 21.5 Å². The van der Waals surface area contributed by atoms with Crippen LogP contribution in [-0.4, -0.2) is 46.1 Å². The molecule has 0 atom stereocenters. The molecule has 0 bridgehead atoms. The van der Waals surface area contributed by atoms with Crippen LogP contribution in [0.25, 0.3) is 0 Å². The minimum atomic E-state index is -0.309. The van der Waals surface area contributed by atoms with Gasteiger partial charge >= 0.3 is 5.97 Å². The van der Waals surface area contributed by atoms with Crippen molar-refractivity contribution in [3.63, 3.8) is 0 Å². The summed E-state index contributed by atoms with van der Waals surface area (Å²) in [6, 6.07) is 0. The van der Waals surface area contributed by atoms with Crippen LogP contribution in [0.1, 0.15) is 6.92 Å². The van der Waals surface area contributed by atoms with Crippen molar-refractivity contribution in [1.29, 1.82) is 0 Å². The molecule has 0 aromatic carbocycles. The van der Waals surface area contributed by atoms with Crippen molar-refractivity contribution >= 4 is 62.3 Å². The van der Waals surface area contributed by atoms with Gasteiger partial charge in [-0.2, -0.15) is 0 Å². The minimum absolute atomic E-state index is 0.275. The maximum Gasteiger partial charge on any atom is 0.303 e. The Balaban J connectivity index is 4.17. The zero-order chi connectivity index (χ0) is 16.1. The number of nitrogens with one attached hydrogen (secondary N) is 2. The molecule has 0 heterocycles. The first-order chi connectivity index (χ1) is 9.99. The van der Waals surface area contributed by atoms with Crippen LogP contribution in [-0.2, 0) is 9.53 Å². The predicted molar refractivity (Wildman–Crippen MR) is 102 cm³/mol. The van der Waals surface area contributed by atoms with Crippen molar-refractivity contribution in [2.45, 2.75) is 13.0 Å². The van der Waals surface area contributed by atoms with E-state index in [9.17, 15) is 4.79 Å². The average molecular weight is 365 g/mol. The maximum atomic E-state index is 11.1. The Morgan fingerprint density at radius 3 is 1.86 bits per heavy atom. The fourth-order valence-electron chi connectivity index (χ4n) is 1.18. The molecule has 118 valence electrons. The number of carbonyl (C=O) groups excluding carboxylic acids is 1. The molecule has 2 N–H and O–H groups in total. The molecule has 0 saturated carbocycles. The fourth-order valence-corrected chi connectivity index (χ4v) is 1.72. The molecule has 0 fully saturated rings. The van der Waals surface area contributed by atoms with Crippen LogP contribution in [0.2, 0.25) is 0 Å². The van der Waals surface area contributed by atoms with E-state index in [1.54, 1.807) is 24.6 Å². The van der Waals surface area contributed by atoms with Gasteiger partial charge in [0.25, 0.3) is 0 Å². The fraction of sp³-hybridized carbons (Fsp3) is 0.462. The van der Waals surface area contributed by atoms with Crippen molar-refractivity contribution in [3.8, 4) is 0 Å². The van der Waals surface area contributed by atoms with Gasteiger partial charge in [-0.15, -0.1) is 23.5 Å². The lowest BCUT2D eigenvalue weighted by atomic mass is 10.3. The second kappa shape index (κ2) is 13.1. The standard InChI is InChI=1S/C13H20N2O2S4/c1-10(16)17-11(8-14-6-4-12(18)20-2)9-15-7-5-13(19)21-3/h4-7,11,14-15H,8-9H2,1-3H3/b6-4+,7-5+. The van der Waals surface area contributed by atoms with Crippen LogP contribution in [0.4, 0.5) is 0 Å². The zero-order valence-corrected chi connectivity index (χ0v) is 15.5. The third-order valence-electron chi connectivity index (χ3n) is 2.10. The van der Waals surface area contributed by atoms with E-state index in [4.69, 9.17) is 29.2 Å². The Labute approximate surface area is 145 Å². The summed E-state index contributed by atoms with van der Waals surface area (Å²) in [5.74, 6) is -0.309. The predicted octanol–water partition coefficient (Wildman–Crippen LogP) is 2.51. The van der Waals surface area contributed by atoms with E-state index in [0.29, 0.717) is 13.1 Å². The van der Waals surface area contributed by atoms with Crippen molar-refractivity contribution < 1.29 is 9.53 Å². The Kier molecular flexibility index (Phi) is 12.8. The average Bonchev–Trinajstić information content (AvgIpc) is 2.46. The van der Waals surface area contributed by atoms with Crippen LogP contribution < -0.4 is 10.6 Å². The number of ether oxygens (including phenoxy) is 1. The number of rotatable bonds is 9. The lowest BCUT2D eigenvalue weighted by Crippen LogP contribution is -2.35. The van der Waals surface area contributed by atoms with Crippen LogP contribution in [0.15, 0.2) is 24.6 Å². The molecule has 0 aliphatic heterocycles. The molecule has 0 aliphatic carbocycles. The third kappa shape index (κ3) is 12.9. The SMILES string of the molecule is CSC(=S)/C=C/NCC(CN/C=C/C(=S)SC)OC(C)=O. The molecule has 8 heteroatoms. The summed E-state index contributed by atoms with van der Waals surface area (Å²) in [6.45, 7) is 2.39. The summed E-state index contributed by atoms with van der Waals surface area (Å²) in [5, 5.41) is 6.13. The number of hydrogen-bond acceptors (Lipinski definition) is 8. The van der Waals surface area contributed by atoms with E-state index >= 15 is 0 Å². The van der Waals surface area contributed by atoms with Gasteiger partial charge in [0.2, 0.25) is 0 Å². The second-order valence-electron chi connectivity index (χ2n) is 3.76.